The molecule has 0 unspecified atom stereocenters. The van der Waals surface area contributed by atoms with Crippen LogP contribution in [-0.4, -0.2) is 42.1 Å². The number of aryl methyl sites for hydroxylation is 1. The summed E-state index contributed by atoms with van der Waals surface area (Å²) < 4.78 is 0. The van der Waals surface area contributed by atoms with E-state index in [0.29, 0.717) is 23.4 Å². The van der Waals surface area contributed by atoms with Crippen LogP contribution in [-0.2, 0) is 6.61 Å². The smallest absolute Gasteiger partial charge is 0.145 e. The lowest BCUT2D eigenvalue weighted by molar-refractivity contribution is -0.890. The van der Waals surface area contributed by atoms with E-state index in [1.54, 1.807) is 30.7 Å². The van der Waals surface area contributed by atoms with E-state index in [4.69, 9.17) is 0 Å². The number of aliphatic hydroxyl groups is 1. The molecule has 2 rings (SSSR count). The fourth-order valence-corrected chi connectivity index (χ4v) is 3.16. The Labute approximate surface area is 134 Å². The Balaban J connectivity index is 2.20. The first-order valence-corrected chi connectivity index (χ1v) is 8.04. The number of likely N-dealkylation sites (N-methyl/N-ethyl adjacent to an activating group) is 1. The summed E-state index contributed by atoms with van der Waals surface area (Å²) in [4.78, 5) is 11.1. The maximum atomic E-state index is 10.1. The van der Waals surface area contributed by atoms with Gasteiger partial charge in [-0.1, -0.05) is 6.07 Å². The van der Waals surface area contributed by atoms with Gasteiger partial charge in [0.05, 0.1) is 37.8 Å². The maximum absolute atomic E-state index is 10.1. The molecule has 0 amide bonds. The Morgan fingerprint density at radius 2 is 2.23 bits per heavy atom. The van der Waals surface area contributed by atoms with E-state index in [1.165, 1.54) is 9.78 Å². The van der Waals surface area contributed by atoms with Crippen molar-refractivity contribution in [3.8, 4) is 5.75 Å². The number of aliphatic hydroxyl groups excluding tert-OH is 1. The molecule has 0 aliphatic heterocycles. The van der Waals surface area contributed by atoms with Crippen LogP contribution in [0.5, 0.6) is 5.75 Å². The van der Waals surface area contributed by atoms with E-state index in [1.807, 2.05) is 6.07 Å². The van der Waals surface area contributed by atoms with Crippen molar-refractivity contribution in [3.63, 3.8) is 0 Å². The summed E-state index contributed by atoms with van der Waals surface area (Å²) >= 11 is 1.72. The Hall–Kier alpha value is -1.76. The van der Waals surface area contributed by atoms with E-state index < -0.39 is 0 Å². The third-order valence-electron chi connectivity index (χ3n) is 3.62. The van der Waals surface area contributed by atoms with Gasteiger partial charge >= 0.3 is 0 Å². The van der Waals surface area contributed by atoms with Crippen molar-refractivity contribution in [1.82, 2.24) is 4.98 Å². The third kappa shape index (κ3) is 3.71. The number of quaternary nitrogens is 1. The summed E-state index contributed by atoms with van der Waals surface area (Å²) in [6.45, 7) is 2.18. The van der Waals surface area contributed by atoms with Crippen LogP contribution in [0.25, 0.3) is 0 Å². The minimum absolute atomic E-state index is 0.0835. The average Bonchev–Trinajstić information content (AvgIpc) is 3.01. The highest BCUT2D eigenvalue weighted by Gasteiger charge is 2.18. The van der Waals surface area contributed by atoms with E-state index >= 15 is 0 Å². The SMILES string of the molecule is Cc1ncc(CO)c(C=NC[C@@H](c2cccs2)[NH+](C)C)c1O. The predicted molar refractivity (Wildman–Crippen MR) is 88.9 cm³/mol. The molecule has 0 bridgehead atoms. The zero-order valence-corrected chi connectivity index (χ0v) is 13.9. The Morgan fingerprint density at radius 1 is 1.45 bits per heavy atom. The number of aromatic nitrogens is 1. The third-order valence-corrected chi connectivity index (χ3v) is 4.61. The first-order chi connectivity index (χ1) is 10.5. The lowest BCUT2D eigenvalue weighted by Crippen LogP contribution is -3.06. The van der Waals surface area contributed by atoms with Gasteiger partial charge in [-0.15, -0.1) is 11.3 Å². The zero-order chi connectivity index (χ0) is 16.1. The van der Waals surface area contributed by atoms with Gasteiger partial charge in [-0.25, -0.2) is 0 Å². The van der Waals surface area contributed by atoms with Crippen molar-refractivity contribution in [2.75, 3.05) is 20.6 Å². The first-order valence-electron chi connectivity index (χ1n) is 7.16. The molecule has 3 N–H and O–H groups in total. The van der Waals surface area contributed by atoms with Crippen molar-refractivity contribution >= 4 is 17.6 Å². The largest absolute Gasteiger partial charge is 0.505 e. The lowest BCUT2D eigenvalue weighted by atomic mass is 10.1. The molecular weight excluding hydrogens is 298 g/mol. The highest BCUT2D eigenvalue weighted by atomic mass is 32.1. The molecule has 2 aromatic rings. The number of aliphatic imine (C=N–C) groups is 1. The molecule has 0 aliphatic carbocycles. The number of nitrogens with one attached hydrogen (secondary N) is 1. The molecule has 0 saturated heterocycles. The minimum Gasteiger partial charge on any atom is -0.505 e. The molecular formula is C16H22N3O2S+. The van der Waals surface area contributed by atoms with Crippen LogP contribution < -0.4 is 4.90 Å². The summed E-state index contributed by atoms with van der Waals surface area (Å²) in [5.74, 6) is 0.0835. The van der Waals surface area contributed by atoms with E-state index in [9.17, 15) is 10.2 Å². The van der Waals surface area contributed by atoms with Crippen LogP contribution in [0, 0.1) is 6.92 Å². The molecule has 118 valence electrons. The van der Waals surface area contributed by atoms with Crippen LogP contribution >= 0.6 is 11.3 Å². The van der Waals surface area contributed by atoms with Crippen molar-refractivity contribution < 1.29 is 15.1 Å². The second-order valence-corrected chi connectivity index (χ2v) is 6.41. The van der Waals surface area contributed by atoms with Gasteiger partial charge in [0.2, 0.25) is 0 Å². The predicted octanol–water partition coefficient (Wildman–Crippen LogP) is 0.954. The molecule has 0 spiro atoms. The van der Waals surface area contributed by atoms with Crippen molar-refractivity contribution in [2.24, 2.45) is 4.99 Å². The van der Waals surface area contributed by atoms with E-state index in [2.05, 4.69) is 35.5 Å². The van der Waals surface area contributed by atoms with E-state index in [0.717, 1.165) is 0 Å². The van der Waals surface area contributed by atoms with Crippen LogP contribution in [0.4, 0.5) is 0 Å². The molecule has 1 atom stereocenters. The van der Waals surface area contributed by atoms with Gasteiger partial charge in [-0.05, 0) is 18.4 Å². The standard InChI is InChI=1S/C16H21N3O2S/c1-11-16(21)13(12(10-20)7-18-11)8-17-9-14(19(2)3)15-5-4-6-22-15/h4-8,14,20-21H,9-10H2,1-3H3/p+1/t14-/m0/s1. The number of hydrogen-bond donors (Lipinski definition) is 3. The first kappa shape index (κ1) is 16.6. The maximum Gasteiger partial charge on any atom is 0.145 e. The molecule has 0 aromatic carbocycles. The van der Waals surface area contributed by atoms with Gasteiger partial charge < -0.3 is 15.1 Å². The van der Waals surface area contributed by atoms with Gasteiger partial charge in [0.25, 0.3) is 0 Å². The van der Waals surface area contributed by atoms with Crippen molar-refractivity contribution in [3.05, 3.63) is 45.4 Å². The number of rotatable bonds is 6. The van der Waals surface area contributed by atoms with Gasteiger partial charge in [0.15, 0.2) is 0 Å². The molecule has 2 aromatic heterocycles. The van der Waals surface area contributed by atoms with Crippen LogP contribution in [0.1, 0.15) is 27.7 Å². The minimum atomic E-state index is -0.171. The van der Waals surface area contributed by atoms with Gasteiger partial charge in [-0.3, -0.25) is 9.98 Å². The molecule has 0 saturated carbocycles. The van der Waals surface area contributed by atoms with Gasteiger partial charge in [0, 0.05) is 23.5 Å². The molecule has 0 fully saturated rings. The van der Waals surface area contributed by atoms with E-state index in [-0.39, 0.29) is 18.4 Å². The molecule has 6 heteroatoms. The molecule has 2 heterocycles. The quantitative estimate of drug-likeness (QED) is 0.694. The molecule has 0 radical (unpaired) electrons. The van der Waals surface area contributed by atoms with Gasteiger partial charge in [0.1, 0.15) is 11.8 Å². The summed E-state index contributed by atoms with van der Waals surface area (Å²) in [5.41, 5.74) is 1.66. The fourth-order valence-electron chi connectivity index (χ4n) is 2.22. The monoisotopic (exact) mass is 320 g/mol. The molecule has 0 aliphatic rings. The Kier molecular flexibility index (Phi) is 5.65. The van der Waals surface area contributed by atoms with Crippen LogP contribution in [0.2, 0.25) is 0 Å². The highest BCUT2D eigenvalue weighted by molar-refractivity contribution is 7.10. The fraction of sp³-hybridized carbons (Fsp3) is 0.375. The number of thiophene rings is 1. The van der Waals surface area contributed by atoms with Crippen LogP contribution in [0.15, 0.2) is 28.7 Å². The molecule has 5 nitrogen and oxygen atoms in total. The van der Waals surface area contributed by atoms with Crippen molar-refractivity contribution in [1.29, 1.82) is 0 Å². The summed E-state index contributed by atoms with van der Waals surface area (Å²) in [7, 11) is 4.21. The summed E-state index contributed by atoms with van der Waals surface area (Å²) in [5, 5.41) is 21.5. The number of aromatic hydroxyl groups is 1. The second-order valence-electron chi connectivity index (χ2n) is 5.43. The summed E-state index contributed by atoms with van der Waals surface area (Å²) in [6, 6.07) is 4.44. The number of pyridine rings is 1. The topological polar surface area (TPSA) is 70.2 Å². The van der Waals surface area contributed by atoms with Crippen LogP contribution in [0.3, 0.4) is 0 Å². The van der Waals surface area contributed by atoms with Crippen molar-refractivity contribution in [2.45, 2.75) is 19.6 Å². The zero-order valence-electron chi connectivity index (χ0n) is 13.1. The second kappa shape index (κ2) is 7.49. The van der Waals surface area contributed by atoms with Gasteiger partial charge in [-0.2, -0.15) is 0 Å². The normalized spacial score (nSPS) is 13.1. The highest BCUT2D eigenvalue weighted by Crippen LogP contribution is 2.22. The average molecular weight is 320 g/mol. The Bertz CT molecular complexity index is 639. The Morgan fingerprint density at radius 3 is 2.82 bits per heavy atom. The lowest BCUT2D eigenvalue weighted by Gasteiger charge is -2.18. The number of hydrogen-bond acceptors (Lipinski definition) is 5. The summed E-state index contributed by atoms with van der Waals surface area (Å²) in [6.07, 6.45) is 3.21. The number of nitrogens with zero attached hydrogens (tertiary/aromatic N) is 2. The molecule has 22 heavy (non-hydrogen) atoms.